The van der Waals surface area contributed by atoms with Gasteiger partial charge in [-0.2, -0.15) is 8.78 Å². The average Bonchev–Trinajstić information content (AvgIpc) is 2.68. The van der Waals surface area contributed by atoms with Crippen molar-refractivity contribution in [2.75, 3.05) is 0 Å². The highest BCUT2D eigenvalue weighted by molar-refractivity contribution is 7.34. The maximum atomic E-state index is 13.8. The van der Waals surface area contributed by atoms with E-state index in [4.69, 9.17) is 14.0 Å². The molecule has 162 valence electrons. The number of carbonyl (C=O) groups is 1. The average molecular weight is 451 g/mol. The Labute approximate surface area is 168 Å². The number of esters is 1. The number of ether oxygens (including phenoxy) is 2. The SMILES string of the molecule is CC(C)OC(=O)[C@@H](C)N=[P+]([O-])Oc1ccccc1Oc1c(F)c(F)c(F)c(F)c1F. The quantitative estimate of drug-likeness (QED) is 0.200. The van der Waals surface area contributed by atoms with Gasteiger partial charge in [0.1, 0.15) is 0 Å². The molecular weight excluding hydrogens is 436 g/mol. The van der Waals surface area contributed by atoms with Gasteiger partial charge in [-0.25, -0.2) is 18.0 Å². The lowest BCUT2D eigenvalue weighted by Gasteiger charge is -2.12. The van der Waals surface area contributed by atoms with Gasteiger partial charge in [-0.3, -0.25) is 4.52 Å². The summed E-state index contributed by atoms with van der Waals surface area (Å²) < 4.78 is 85.8. The molecule has 0 bridgehead atoms. The van der Waals surface area contributed by atoms with Gasteiger partial charge in [0.15, 0.2) is 11.8 Å². The monoisotopic (exact) mass is 451 g/mol. The number of rotatable bonds is 7. The Hall–Kier alpha value is -2.78. The van der Waals surface area contributed by atoms with Crippen LogP contribution in [0.25, 0.3) is 0 Å². The summed E-state index contributed by atoms with van der Waals surface area (Å²) in [6.45, 7) is 4.51. The molecule has 2 aromatic carbocycles. The Morgan fingerprint density at radius 1 is 0.933 bits per heavy atom. The zero-order valence-electron chi connectivity index (χ0n) is 15.8. The van der Waals surface area contributed by atoms with Crippen LogP contribution in [0.4, 0.5) is 22.0 Å². The first-order valence-electron chi connectivity index (χ1n) is 8.37. The predicted molar refractivity (Wildman–Crippen MR) is 93.4 cm³/mol. The number of carbonyl (C=O) groups excluding carboxylic acids is 1. The highest BCUT2D eigenvalue weighted by atomic mass is 31.1. The standard InChI is InChI=1S/C18H15F5NO5P/c1-8(2)27-18(25)9(3)24-30(26)29-11-7-5-4-6-10(11)28-17-15(22)13(20)12(19)14(21)16(17)23/h4-9H,1-3H3/t9-/m1/s1. The minimum absolute atomic E-state index is 0.379. The first-order chi connectivity index (χ1) is 14.0. The lowest BCUT2D eigenvalue weighted by atomic mass is 10.2. The van der Waals surface area contributed by atoms with Crippen LogP contribution in [0.15, 0.2) is 29.0 Å². The lowest BCUT2D eigenvalue weighted by Crippen LogP contribution is -2.21. The summed E-state index contributed by atoms with van der Waals surface area (Å²) in [6.07, 6.45) is -0.427. The zero-order chi connectivity index (χ0) is 22.6. The molecule has 0 aliphatic carbocycles. The van der Waals surface area contributed by atoms with Gasteiger partial charge in [-0.1, -0.05) is 16.9 Å². The van der Waals surface area contributed by atoms with E-state index in [2.05, 4.69) is 4.74 Å². The number of hydrogen-bond donors (Lipinski definition) is 0. The van der Waals surface area contributed by atoms with E-state index >= 15 is 0 Å². The molecule has 0 saturated heterocycles. The Morgan fingerprint density at radius 3 is 1.97 bits per heavy atom. The first-order valence-corrected chi connectivity index (χ1v) is 9.50. The predicted octanol–water partition coefficient (Wildman–Crippen LogP) is 4.75. The summed E-state index contributed by atoms with van der Waals surface area (Å²) in [4.78, 5) is 23.8. The molecule has 0 fully saturated rings. The maximum Gasteiger partial charge on any atom is 0.395 e. The van der Waals surface area contributed by atoms with Crippen LogP contribution < -0.4 is 14.2 Å². The molecule has 1 unspecified atom stereocenters. The third-order valence-corrected chi connectivity index (χ3v) is 4.26. The Morgan fingerprint density at radius 2 is 1.43 bits per heavy atom. The molecule has 2 atom stereocenters. The molecule has 0 aromatic heterocycles. The molecule has 2 rings (SSSR count). The Balaban J connectivity index is 2.30. The number of benzene rings is 2. The van der Waals surface area contributed by atoms with Crippen LogP contribution in [0, 0.1) is 29.1 Å². The number of para-hydroxylation sites is 2. The number of hydrogen-bond acceptors (Lipinski definition) is 6. The number of nitrogens with zero attached hydrogens (tertiary/aromatic N) is 1. The second kappa shape index (κ2) is 9.82. The zero-order valence-corrected chi connectivity index (χ0v) is 16.7. The van der Waals surface area contributed by atoms with Gasteiger partial charge in [0.05, 0.1) is 6.10 Å². The molecule has 0 saturated carbocycles. The van der Waals surface area contributed by atoms with Crippen LogP contribution in [0.3, 0.4) is 0 Å². The van der Waals surface area contributed by atoms with Crippen LogP contribution in [0.1, 0.15) is 20.8 Å². The summed E-state index contributed by atoms with van der Waals surface area (Å²) in [5.74, 6) is -14.3. The molecule has 0 heterocycles. The van der Waals surface area contributed by atoms with Crippen molar-refractivity contribution < 1.29 is 45.6 Å². The van der Waals surface area contributed by atoms with Gasteiger partial charge < -0.3 is 14.4 Å². The molecule has 0 amide bonds. The van der Waals surface area contributed by atoms with Crippen LogP contribution in [0.2, 0.25) is 0 Å². The van der Waals surface area contributed by atoms with E-state index in [1.165, 1.54) is 19.1 Å². The second-order valence-electron chi connectivity index (χ2n) is 6.05. The van der Waals surface area contributed by atoms with E-state index in [1.54, 1.807) is 13.8 Å². The molecule has 12 heteroatoms. The van der Waals surface area contributed by atoms with E-state index in [0.29, 0.717) is 0 Å². The molecule has 0 spiro atoms. The Bertz CT molecular complexity index is 957. The van der Waals surface area contributed by atoms with Crippen LogP contribution in [-0.2, 0) is 9.53 Å². The van der Waals surface area contributed by atoms with E-state index < -0.39 is 66.9 Å². The van der Waals surface area contributed by atoms with Crippen molar-refractivity contribution >= 4 is 14.1 Å². The van der Waals surface area contributed by atoms with Crippen LogP contribution in [-0.4, -0.2) is 18.1 Å². The Kier molecular flexibility index (Phi) is 7.69. The lowest BCUT2D eigenvalue weighted by molar-refractivity contribution is -0.170. The van der Waals surface area contributed by atoms with E-state index in [9.17, 15) is 31.6 Å². The van der Waals surface area contributed by atoms with Crippen molar-refractivity contribution in [1.82, 2.24) is 0 Å². The molecule has 6 nitrogen and oxygen atoms in total. The minimum Gasteiger partial charge on any atom is -0.575 e. The van der Waals surface area contributed by atoms with Gasteiger partial charge in [-0.05, 0) is 32.9 Å². The van der Waals surface area contributed by atoms with Gasteiger partial charge in [0.2, 0.25) is 40.6 Å². The summed E-state index contributed by atoms with van der Waals surface area (Å²) >= 11 is 0. The van der Waals surface area contributed by atoms with Crippen molar-refractivity contribution in [2.24, 2.45) is 4.74 Å². The van der Waals surface area contributed by atoms with Gasteiger partial charge >= 0.3 is 14.1 Å². The normalized spacial score (nSPS) is 12.7. The molecule has 0 radical (unpaired) electrons. The van der Waals surface area contributed by atoms with E-state index in [-0.39, 0.29) is 5.75 Å². The fourth-order valence-corrected chi connectivity index (χ4v) is 2.76. The van der Waals surface area contributed by atoms with Gasteiger partial charge in [0, 0.05) is 0 Å². The highest BCUT2D eigenvalue weighted by Gasteiger charge is 2.28. The largest absolute Gasteiger partial charge is 0.575 e. The summed E-state index contributed by atoms with van der Waals surface area (Å²) in [6, 6.07) is 3.75. The molecule has 2 aromatic rings. The molecule has 0 aliphatic heterocycles. The van der Waals surface area contributed by atoms with Gasteiger partial charge in [-0.15, -0.1) is 0 Å². The first kappa shape index (κ1) is 23.5. The minimum atomic E-state index is -2.88. The van der Waals surface area contributed by atoms with Crippen molar-refractivity contribution in [2.45, 2.75) is 32.9 Å². The topological polar surface area (TPSA) is 80.2 Å². The summed E-state index contributed by atoms with van der Waals surface area (Å²) in [7, 11) is -2.88. The van der Waals surface area contributed by atoms with Gasteiger partial charge in [0.25, 0.3) is 0 Å². The summed E-state index contributed by atoms with van der Waals surface area (Å²) in [5.41, 5.74) is 0. The second-order valence-corrected chi connectivity index (χ2v) is 6.94. The fourth-order valence-electron chi connectivity index (χ4n) is 2.02. The van der Waals surface area contributed by atoms with Crippen molar-refractivity contribution in [1.29, 1.82) is 0 Å². The number of halogens is 5. The molecule has 0 aliphatic rings. The third-order valence-electron chi connectivity index (χ3n) is 3.37. The van der Waals surface area contributed by atoms with Crippen molar-refractivity contribution in [3.8, 4) is 17.2 Å². The van der Waals surface area contributed by atoms with Crippen LogP contribution >= 0.6 is 8.17 Å². The summed E-state index contributed by atoms with van der Waals surface area (Å²) in [5, 5.41) is 0. The van der Waals surface area contributed by atoms with E-state index in [1.807, 2.05) is 0 Å². The molecular formula is C18H15F5NO5P. The molecule has 30 heavy (non-hydrogen) atoms. The molecule has 0 N–H and O–H groups in total. The highest BCUT2D eigenvalue weighted by Crippen LogP contribution is 2.39. The van der Waals surface area contributed by atoms with Crippen LogP contribution in [0.5, 0.6) is 17.2 Å². The van der Waals surface area contributed by atoms with E-state index in [0.717, 1.165) is 12.1 Å². The maximum absolute atomic E-state index is 13.8. The van der Waals surface area contributed by atoms with Crippen molar-refractivity contribution in [3.63, 3.8) is 0 Å². The van der Waals surface area contributed by atoms with Crippen molar-refractivity contribution in [3.05, 3.63) is 53.4 Å². The smallest absolute Gasteiger partial charge is 0.395 e. The fraction of sp³-hybridized carbons (Fsp3) is 0.278. The third kappa shape index (κ3) is 5.43.